The standard InChI is InChI=1S/C18H21BrN2/c1-20-13-14-6-7-18(17(19)12-14)21-10-8-15-4-2-3-5-16(15)9-11-21/h2-7,12,20H,8-11,13H2,1H3. The number of halogens is 1. The lowest BCUT2D eigenvalue weighted by atomic mass is 10.0. The summed E-state index contributed by atoms with van der Waals surface area (Å²) in [6.07, 6.45) is 2.25. The maximum Gasteiger partial charge on any atom is 0.0511 e. The van der Waals surface area contributed by atoms with Gasteiger partial charge >= 0.3 is 0 Å². The molecule has 110 valence electrons. The monoisotopic (exact) mass is 344 g/mol. The van der Waals surface area contributed by atoms with Gasteiger partial charge in [0.25, 0.3) is 0 Å². The van der Waals surface area contributed by atoms with Crippen LogP contribution < -0.4 is 10.2 Å². The van der Waals surface area contributed by atoms with Crippen molar-refractivity contribution in [2.24, 2.45) is 0 Å². The molecule has 0 saturated heterocycles. The summed E-state index contributed by atoms with van der Waals surface area (Å²) in [6, 6.07) is 15.5. The van der Waals surface area contributed by atoms with E-state index in [0.717, 1.165) is 32.5 Å². The maximum absolute atomic E-state index is 3.74. The first-order valence-electron chi connectivity index (χ1n) is 7.52. The Kier molecular flexibility index (Phi) is 4.61. The topological polar surface area (TPSA) is 15.3 Å². The first kappa shape index (κ1) is 14.6. The van der Waals surface area contributed by atoms with Crippen LogP contribution >= 0.6 is 15.9 Å². The van der Waals surface area contributed by atoms with E-state index in [1.807, 2.05) is 7.05 Å². The van der Waals surface area contributed by atoms with Gasteiger partial charge in [0.2, 0.25) is 0 Å². The largest absolute Gasteiger partial charge is 0.370 e. The van der Waals surface area contributed by atoms with E-state index in [2.05, 4.69) is 68.6 Å². The molecular weight excluding hydrogens is 324 g/mol. The number of benzene rings is 2. The van der Waals surface area contributed by atoms with Gasteiger partial charge in [-0.3, -0.25) is 0 Å². The molecule has 0 fully saturated rings. The Labute approximate surface area is 135 Å². The molecule has 0 radical (unpaired) electrons. The van der Waals surface area contributed by atoms with E-state index in [9.17, 15) is 0 Å². The minimum absolute atomic E-state index is 0.907. The summed E-state index contributed by atoms with van der Waals surface area (Å²) in [7, 11) is 1.98. The molecule has 0 bridgehead atoms. The van der Waals surface area contributed by atoms with Crippen molar-refractivity contribution < 1.29 is 0 Å². The molecule has 0 unspecified atom stereocenters. The van der Waals surface area contributed by atoms with Crippen molar-refractivity contribution in [2.45, 2.75) is 19.4 Å². The lowest BCUT2D eigenvalue weighted by molar-refractivity contribution is 0.798. The molecule has 3 heteroatoms. The minimum Gasteiger partial charge on any atom is -0.370 e. The molecule has 0 amide bonds. The average Bonchev–Trinajstić information content (AvgIpc) is 2.71. The van der Waals surface area contributed by atoms with E-state index in [1.165, 1.54) is 26.9 Å². The van der Waals surface area contributed by atoms with E-state index >= 15 is 0 Å². The summed E-state index contributed by atoms with van der Waals surface area (Å²) >= 11 is 3.74. The van der Waals surface area contributed by atoms with E-state index in [0.29, 0.717) is 0 Å². The Morgan fingerprint density at radius 3 is 2.29 bits per heavy atom. The number of hydrogen-bond donors (Lipinski definition) is 1. The molecule has 2 nitrogen and oxygen atoms in total. The fraction of sp³-hybridized carbons (Fsp3) is 0.333. The summed E-state index contributed by atoms with van der Waals surface area (Å²) < 4.78 is 1.20. The minimum atomic E-state index is 0.907. The van der Waals surface area contributed by atoms with Gasteiger partial charge in [-0.15, -0.1) is 0 Å². The van der Waals surface area contributed by atoms with E-state index < -0.39 is 0 Å². The van der Waals surface area contributed by atoms with Crippen molar-refractivity contribution in [3.63, 3.8) is 0 Å². The zero-order valence-electron chi connectivity index (χ0n) is 12.4. The molecule has 3 rings (SSSR count). The lowest BCUT2D eigenvalue weighted by Crippen LogP contribution is -2.26. The van der Waals surface area contributed by atoms with Crippen LogP contribution in [0.2, 0.25) is 0 Å². The van der Waals surface area contributed by atoms with Crippen LogP contribution in [0.5, 0.6) is 0 Å². The van der Waals surface area contributed by atoms with Crippen molar-refractivity contribution in [3.8, 4) is 0 Å². The van der Waals surface area contributed by atoms with Gasteiger partial charge in [-0.05, 0) is 64.6 Å². The molecular formula is C18H21BrN2. The number of hydrogen-bond acceptors (Lipinski definition) is 2. The molecule has 0 aromatic heterocycles. The average molecular weight is 345 g/mol. The summed E-state index contributed by atoms with van der Waals surface area (Å²) in [5.74, 6) is 0. The summed E-state index contributed by atoms with van der Waals surface area (Å²) in [5, 5.41) is 3.20. The normalized spacial score (nSPS) is 14.7. The summed E-state index contributed by atoms with van der Waals surface area (Å²) in [4.78, 5) is 2.49. The van der Waals surface area contributed by atoms with E-state index in [-0.39, 0.29) is 0 Å². The Hall–Kier alpha value is -1.32. The van der Waals surface area contributed by atoms with Crippen LogP contribution in [0.4, 0.5) is 5.69 Å². The van der Waals surface area contributed by atoms with Crippen molar-refractivity contribution in [3.05, 3.63) is 63.6 Å². The van der Waals surface area contributed by atoms with E-state index in [1.54, 1.807) is 0 Å². The van der Waals surface area contributed by atoms with Gasteiger partial charge in [0, 0.05) is 24.1 Å². The SMILES string of the molecule is CNCc1ccc(N2CCc3ccccc3CC2)c(Br)c1. The fourth-order valence-corrected chi connectivity index (χ4v) is 3.71. The van der Waals surface area contributed by atoms with Gasteiger partial charge in [-0.25, -0.2) is 0 Å². The molecule has 0 spiro atoms. The highest BCUT2D eigenvalue weighted by atomic mass is 79.9. The number of fused-ring (bicyclic) bond motifs is 1. The first-order valence-corrected chi connectivity index (χ1v) is 8.32. The molecule has 0 atom stereocenters. The molecule has 1 N–H and O–H groups in total. The Bertz CT molecular complexity index is 597. The van der Waals surface area contributed by atoms with Gasteiger partial charge in [0.1, 0.15) is 0 Å². The van der Waals surface area contributed by atoms with Gasteiger partial charge in [0.15, 0.2) is 0 Å². The zero-order chi connectivity index (χ0) is 14.7. The molecule has 2 aromatic rings. The molecule has 1 aliphatic rings. The fourth-order valence-electron chi connectivity index (χ4n) is 3.03. The third-order valence-electron chi connectivity index (χ3n) is 4.15. The number of anilines is 1. The third-order valence-corrected chi connectivity index (χ3v) is 4.79. The quantitative estimate of drug-likeness (QED) is 0.911. The van der Waals surface area contributed by atoms with Crippen LogP contribution in [0, 0.1) is 0 Å². The second kappa shape index (κ2) is 6.63. The highest BCUT2D eigenvalue weighted by Crippen LogP contribution is 2.29. The van der Waals surface area contributed by atoms with Crippen LogP contribution in [0.25, 0.3) is 0 Å². The van der Waals surface area contributed by atoms with E-state index in [4.69, 9.17) is 0 Å². The maximum atomic E-state index is 3.74. The zero-order valence-corrected chi connectivity index (χ0v) is 14.0. The van der Waals surface area contributed by atoms with Crippen molar-refractivity contribution in [1.29, 1.82) is 0 Å². The molecule has 2 aromatic carbocycles. The van der Waals surface area contributed by atoms with Gasteiger partial charge in [-0.1, -0.05) is 30.3 Å². The predicted molar refractivity (Wildman–Crippen MR) is 93.0 cm³/mol. The van der Waals surface area contributed by atoms with Crippen LogP contribution in [0.3, 0.4) is 0 Å². The van der Waals surface area contributed by atoms with Crippen LogP contribution in [-0.4, -0.2) is 20.1 Å². The number of nitrogens with one attached hydrogen (secondary N) is 1. The van der Waals surface area contributed by atoms with Crippen LogP contribution in [-0.2, 0) is 19.4 Å². The summed E-state index contributed by atoms with van der Waals surface area (Å²) in [6.45, 7) is 3.08. The van der Waals surface area contributed by atoms with Crippen LogP contribution in [0.15, 0.2) is 46.9 Å². The number of rotatable bonds is 3. The molecule has 1 aliphatic heterocycles. The van der Waals surface area contributed by atoms with Gasteiger partial charge < -0.3 is 10.2 Å². The van der Waals surface area contributed by atoms with Crippen molar-refractivity contribution >= 4 is 21.6 Å². The van der Waals surface area contributed by atoms with Gasteiger partial charge in [0.05, 0.1) is 5.69 Å². The highest BCUT2D eigenvalue weighted by molar-refractivity contribution is 9.10. The van der Waals surface area contributed by atoms with Crippen molar-refractivity contribution in [2.75, 3.05) is 25.0 Å². The Morgan fingerprint density at radius 1 is 1.05 bits per heavy atom. The van der Waals surface area contributed by atoms with Crippen LogP contribution in [0.1, 0.15) is 16.7 Å². The third kappa shape index (κ3) is 3.30. The Balaban J connectivity index is 1.79. The second-order valence-electron chi connectivity index (χ2n) is 5.57. The molecule has 21 heavy (non-hydrogen) atoms. The molecule has 0 saturated carbocycles. The first-order chi connectivity index (χ1) is 10.3. The molecule has 1 heterocycles. The van der Waals surface area contributed by atoms with Gasteiger partial charge in [-0.2, -0.15) is 0 Å². The smallest absolute Gasteiger partial charge is 0.0511 e. The second-order valence-corrected chi connectivity index (χ2v) is 6.43. The molecule has 0 aliphatic carbocycles. The highest BCUT2D eigenvalue weighted by Gasteiger charge is 2.15. The number of nitrogens with zero attached hydrogens (tertiary/aromatic N) is 1. The lowest BCUT2D eigenvalue weighted by Gasteiger charge is -2.24. The Morgan fingerprint density at radius 2 is 1.71 bits per heavy atom. The van der Waals surface area contributed by atoms with Crippen molar-refractivity contribution in [1.82, 2.24) is 5.32 Å². The summed E-state index contributed by atoms with van der Waals surface area (Å²) in [5.41, 5.74) is 5.62. The predicted octanol–water partition coefficient (Wildman–Crippen LogP) is 3.77.